The Hall–Kier alpha value is -5.28. The number of furan rings is 1. The zero-order valence-electron chi connectivity index (χ0n) is 26.2. The van der Waals surface area contributed by atoms with E-state index in [4.69, 9.17) is 14.1 Å². The fourth-order valence-electron chi connectivity index (χ4n) is 5.60. The third-order valence-electron chi connectivity index (χ3n) is 8.03. The first-order chi connectivity index (χ1) is 22.1. The summed E-state index contributed by atoms with van der Waals surface area (Å²) in [5, 5.41) is 2.99. The summed E-state index contributed by atoms with van der Waals surface area (Å²) >= 11 is 1.25. The molecule has 1 atom stereocenters. The number of aromatic nitrogens is 1. The first-order valence-electron chi connectivity index (χ1n) is 14.9. The van der Waals surface area contributed by atoms with Crippen molar-refractivity contribution in [2.75, 3.05) is 12.4 Å². The van der Waals surface area contributed by atoms with E-state index in [1.807, 2.05) is 73.7 Å². The maximum Gasteiger partial charge on any atom is 0.337 e. The molecule has 0 spiro atoms. The van der Waals surface area contributed by atoms with Crippen LogP contribution in [0.1, 0.15) is 65.5 Å². The van der Waals surface area contributed by atoms with Gasteiger partial charge in [-0.05, 0) is 72.9 Å². The number of fused-ring (bicyclic) bond motifs is 1. The lowest BCUT2D eigenvalue weighted by Crippen LogP contribution is -2.40. The van der Waals surface area contributed by atoms with Crippen LogP contribution < -0.4 is 20.2 Å². The summed E-state index contributed by atoms with van der Waals surface area (Å²) in [4.78, 5) is 45.1. The van der Waals surface area contributed by atoms with Crippen LogP contribution in [0.25, 0.3) is 17.4 Å². The highest BCUT2D eigenvalue weighted by atomic mass is 32.1. The molecule has 0 fully saturated rings. The first kappa shape index (κ1) is 30.7. The fraction of sp³-hybridized carbons (Fsp3) is 0.189. The average molecular weight is 632 g/mol. The molecule has 9 heteroatoms. The number of aryl methyl sites for hydroxylation is 1. The topological polar surface area (TPSA) is 103 Å². The van der Waals surface area contributed by atoms with Crippen LogP contribution in [0, 0.1) is 6.92 Å². The Kier molecular flexibility index (Phi) is 8.42. The number of allylic oxidation sites excluding steroid dienone is 1. The molecule has 1 amide bonds. The minimum atomic E-state index is -0.675. The van der Waals surface area contributed by atoms with E-state index in [0.717, 1.165) is 22.3 Å². The Morgan fingerprint density at radius 3 is 2.41 bits per heavy atom. The molecule has 0 saturated heterocycles. The van der Waals surface area contributed by atoms with Crippen LogP contribution in [0.5, 0.6) is 0 Å². The maximum absolute atomic E-state index is 14.1. The second-order valence-corrected chi connectivity index (χ2v) is 12.5. The first-order valence-corrected chi connectivity index (χ1v) is 15.7. The van der Waals surface area contributed by atoms with Crippen molar-refractivity contribution in [3.8, 4) is 11.3 Å². The third-order valence-corrected chi connectivity index (χ3v) is 9.01. The lowest BCUT2D eigenvalue weighted by atomic mass is 9.93. The van der Waals surface area contributed by atoms with Gasteiger partial charge in [-0.15, -0.1) is 0 Å². The standard InChI is InChI=1S/C37H33N3O5S/c1-21(2)24-11-13-25(14-12-24)33-32(34(41)39-27-9-7-6-8-10-27)23(4)38-37-40(33)35(42)31(46-37)20-28-16-18-30(45-28)29-17-15-26(19-22(29)3)36(43)44-5/h6-21,33H,1-5H3,(H,39,41)/b31-20+/t33-/m1/s1. The summed E-state index contributed by atoms with van der Waals surface area (Å²) < 4.78 is 13.0. The summed E-state index contributed by atoms with van der Waals surface area (Å²) in [7, 11) is 1.35. The molecule has 3 aromatic carbocycles. The van der Waals surface area contributed by atoms with E-state index in [1.165, 1.54) is 18.4 Å². The molecule has 0 bridgehead atoms. The van der Waals surface area contributed by atoms with Gasteiger partial charge in [0, 0.05) is 17.3 Å². The van der Waals surface area contributed by atoms with Gasteiger partial charge in [0.15, 0.2) is 4.80 Å². The summed E-state index contributed by atoms with van der Waals surface area (Å²) in [5.41, 5.74) is 5.45. The van der Waals surface area contributed by atoms with Gasteiger partial charge in [0.25, 0.3) is 11.5 Å². The van der Waals surface area contributed by atoms with Crippen LogP contribution >= 0.6 is 11.3 Å². The largest absolute Gasteiger partial charge is 0.465 e. The van der Waals surface area contributed by atoms with Gasteiger partial charge >= 0.3 is 5.97 Å². The number of nitrogens with zero attached hydrogens (tertiary/aromatic N) is 2. The van der Waals surface area contributed by atoms with Crippen LogP contribution in [-0.4, -0.2) is 23.6 Å². The number of ether oxygens (including phenoxy) is 1. The van der Waals surface area contributed by atoms with Crippen molar-refractivity contribution in [3.63, 3.8) is 0 Å². The van der Waals surface area contributed by atoms with Gasteiger partial charge in [0.2, 0.25) is 0 Å². The molecule has 1 N–H and O–H groups in total. The molecule has 1 aliphatic rings. The summed E-state index contributed by atoms with van der Waals surface area (Å²) in [6.45, 7) is 7.95. The lowest BCUT2D eigenvalue weighted by molar-refractivity contribution is -0.113. The minimum absolute atomic E-state index is 0.268. The molecule has 46 heavy (non-hydrogen) atoms. The van der Waals surface area contributed by atoms with Crippen LogP contribution in [0.15, 0.2) is 110 Å². The number of thiazole rings is 1. The Morgan fingerprint density at radius 2 is 1.74 bits per heavy atom. The van der Waals surface area contributed by atoms with Gasteiger partial charge in [0.05, 0.1) is 34.5 Å². The van der Waals surface area contributed by atoms with E-state index in [0.29, 0.717) is 49.3 Å². The predicted molar refractivity (Wildman–Crippen MR) is 180 cm³/mol. The number of esters is 1. The van der Waals surface area contributed by atoms with Crippen molar-refractivity contribution >= 4 is 35.0 Å². The van der Waals surface area contributed by atoms with E-state index in [9.17, 15) is 14.4 Å². The van der Waals surface area contributed by atoms with Gasteiger partial charge in [-0.3, -0.25) is 14.2 Å². The number of amides is 1. The maximum atomic E-state index is 14.1. The summed E-state index contributed by atoms with van der Waals surface area (Å²) in [6.07, 6.45) is 1.70. The Labute approximate surface area is 270 Å². The quantitative estimate of drug-likeness (QED) is 0.211. The van der Waals surface area contributed by atoms with E-state index in [2.05, 4.69) is 19.2 Å². The third kappa shape index (κ3) is 5.89. The van der Waals surface area contributed by atoms with Gasteiger partial charge in [-0.25, -0.2) is 9.79 Å². The molecule has 0 aliphatic carbocycles. The van der Waals surface area contributed by atoms with Crippen molar-refractivity contribution in [2.45, 2.75) is 39.7 Å². The highest BCUT2D eigenvalue weighted by Gasteiger charge is 2.32. The highest BCUT2D eigenvalue weighted by Crippen LogP contribution is 2.32. The molecule has 5 aromatic rings. The SMILES string of the molecule is COC(=O)c1ccc(-c2ccc(/C=c3/sc4n(c3=O)[C@H](c3ccc(C(C)C)cc3)C(C(=O)Nc3ccccc3)=C(C)N=4)o2)c(C)c1. The van der Waals surface area contributed by atoms with Crippen molar-refractivity contribution in [1.82, 2.24) is 4.57 Å². The number of benzene rings is 3. The van der Waals surface area contributed by atoms with Crippen LogP contribution in [0.4, 0.5) is 5.69 Å². The molecular weight excluding hydrogens is 598 g/mol. The molecule has 0 unspecified atom stereocenters. The van der Waals surface area contributed by atoms with E-state index >= 15 is 0 Å². The molecule has 0 saturated carbocycles. The fourth-order valence-corrected chi connectivity index (χ4v) is 6.63. The minimum Gasteiger partial charge on any atom is -0.465 e. The number of anilines is 1. The Balaban J connectivity index is 1.42. The molecule has 2 aromatic heterocycles. The van der Waals surface area contributed by atoms with Crippen molar-refractivity contribution in [2.24, 2.45) is 4.99 Å². The van der Waals surface area contributed by atoms with E-state index < -0.39 is 12.0 Å². The molecule has 3 heterocycles. The zero-order chi connectivity index (χ0) is 32.5. The van der Waals surface area contributed by atoms with E-state index in [1.54, 1.807) is 35.8 Å². The number of hydrogen-bond acceptors (Lipinski definition) is 7. The van der Waals surface area contributed by atoms with Gasteiger partial charge < -0.3 is 14.5 Å². The summed E-state index contributed by atoms with van der Waals surface area (Å²) in [5.74, 6) is 0.709. The monoisotopic (exact) mass is 631 g/mol. The van der Waals surface area contributed by atoms with Crippen LogP contribution in [0.2, 0.25) is 0 Å². The highest BCUT2D eigenvalue weighted by molar-refractivity contribution is 7.07. The second kappa shape index (κ2) is 12.6. The van der Waals surface area contributed by atoms with Crippen LogP contribution in [-0.2, 0) is 9.53 Å². The number of rotatable bonds is 7. The second-order valence-electron chi connectivity index (χ2n) is 11.4. The molecule has 1 aliphatic heterocycles. The molecule has 232 valence electrons. The zero-order valence-corrected chi connectivity index (χ0v) is 27.0. The smallest absolute Gasteiger partial charge is 0.337 e. The molecule has 8 nitrogen and oxygen atoms in total. The van der Waals surface area contributed by atoms with Gasteiger partial charge in [-0.1, -0.05) is 73.7 Å². The number of methoxy groups -OCH3 is 1. The number of carbonyl (C=O) groups excluding carboxylic acids is 2. The van der Waals surface area contributed by atoms with Gasteiger partial charge in [-0.2, -0.15) is 0 Å². The molecular formula is C37H33N3O5S. The number of carbonyl (C=O) groups is 2. The van der Waals surface area contributed by atoms with Crippen molar-refractivity contribution in [3.05, 3.63) is 144 Å². The Bertz CT molecular complexity index is 2170. The average Bonchev–Trinajstić information content (AvgIpc) is 3.64. The Morgan fingerprint density at radius 1 is 1.00 bits per heavy atom. The van der Waals surface area contributed by atoms with Crippen molar-refractivity contribution < 1.29 is 18.7 Å². The number of nitrogens with one attached hydrogen (secondary N) is 1. The predicted octanol–water partition coefficient (Wildman–Crippen LogP) is 6.35. The van der Waals surface area contributed by atoms with Crippen LogP contribution in [0.3, 0.4) is 0 Å². The normalized spacial score (nSPS) is 14.7. The number of hydrogen-bond donors (Lipinski definition) is 1. The van der Waals surface area contributed by atoms with Gasteiger partial charge in [0.1, 0.15) is 11.5 Å². The molecule has 6 rings (SSSR count). The molecule has 0 radical (unpaired) electrons. The van der Waals surface area contributed by atoms with E-state index in [-0.39, 0.29) is 11.5 Å². The summed E-state index contributed by atoms with van der Waals surface area (Å²) in [6, 6.07) is 25.5. The lowest BCUT2D eigenvalue weighted by Gasteiger charge is -2.25. The number of para-hydroxylation sites is 1. The van der Waals surface area contributed by atoms with Crippen molar-refractivity contribution in [1.29, 1.82) is 0 Å².